The van der Waals surface area contributed by atoms with E-state index in [0.717, 1.165) is 37.7 Å². The maximum atomic E-state index is 13.2. The molecule has 7 heteroatoms. The molecule has 3 atom stereocenters. The molecule has 0 bridgehead atoms. The summed E-state index contributed by atoms with van der Waals surface area (Å²) in [5, 5.41) is 11.1. The van der Waals surface area contributed by atoms with Gasteiger partial charge < -0.3 is 10.0 Å². The minimum absolute atomic E-state index is 0.0763. The summed E-state index contributed by atoms with van der Waals surface area (Å²) in [6.07, 6.45) is 0.311. The summed E-state index contributed by atoms with van der Waals surface area (Å²) in [5.74, 6) is -0.921. The van der Waals surface area contributed by atoms with Gasteiger partial charge in [-0.25, -0.2) is 9.89 Å². The van der Waals surface area contributed by atoms with Crippen molar-refractivity contribution in [2.24, 2.45) is 10.9 Å². The van der Waals surface area contributed by atoms with Crippen LogP contribution < -0.4 is 0 Å². The molecule has 3 unspecified atom stereocenters. The van der Waals surface area contributed by atoms with E-state index in [2.05, 4.69) is 6.58 Å². The highest BCUT2D eigenvalue weighted by Gasteiger charge is 2.52. The summed E-state index contributed by atoms with van der Waals surface area (Å²) in [5.41, 5.74) is 0.425. The molecule has 2 aliphatic heterocycles. The summed E-state index contributed by atoms with van der Waals surface area (Å²) >= 11 is 0. The van der Waals surface area contributed by atoms with Crippen molar-refractivity contribution in [3.63, 3.8) is 0 Å². The molecule has 3 rings (SSSR count). The second-order valence-corrected chi connectivity index (χ2v) is 8.14. The summed E-state index contributed by atoms with van der Waals surface area (Å²) in [4.78, 5) is 8.56. The summed E-state index contributed by atoms with van der Waals surface area (Å²) in [6, 6.07) is -0.0763. The maximum Gasteiger partial charge on any atom is 0.393 e. The Morgan fingerprint density at radius 2 is 1.92 bits per heavy atom. The number of alkyl halides is 3. The molecule has 0 aromatic heterocycles. The van der Waals surface area contributed by atoms with E-state index in [1.807, 2.05) is 18.7 Å². The van der Waals surface area contributed by atoms with Crippen molar-refractivity contribution in [3.05, 3.63) is 12.2 Å². The number of rotatable bonds is 2. The van der Waals surface area contributed by atoms with Gasteiger partial charge in [0.2, 0.25) is 0 Å². The van der Waals surface area contributed by atoms with Crippen molar-refractivity contribution in [3.8, 4) is 0 Å². The van der Waals surface area contributed by atoms with Crippen LogP contribution in [0.2, 0.25) is 0 Å². The van der Waals surface area contributed by atoms with Gasteiger partial charge in [0, 0.05) is 19.1 Å². The first-order valence-electron chi connectivity index (χ1n) is 9.69. The molecule has 4 nitrogen and oxygen atoms in total. The maximum absolute atomic E-state index is 13.2. The first kappa shape index (κ1) is 19.7. The molecule has 1 spiro atoms. The Bertz CT molecular complexity index is 569. The van der Waals surface area contributed by atoms with Crippen LogP contribution in [0.25, 0.3) is 0 Å². The fraction of sp³-hybridized carbons (Fsp3) is 0.842. The van der Waals surface area contributed by atoms with Crippen molar-refractivity contribution in [2.45, 2.75) is 82.9 Å². The highest BCUT2D eigenvalue weighted by molar-refractivity contribution is 5.88. The van der Waals surface area contributed by atoms with Crippen molar-refractivity contribution in [1.29, 1.82) is 0 Å². The van der Waals surface area contributed by atoms with Crippen LogP contribution in [0.15, 0.2) is 17.1 Å². The number of nitrogens with zero attached hydrogens (tertiary/aromatic N) is 3. The molecular formula is C19H30F3N3O. The van der Waals surface area contributed by atoms with E-state index in [9.17, 15) is 18.3 Å². The summed E-state index contributed by atoms with van der Waals surface area (Å²) in [6.45, 7) is 8.36. The Balaban J connectivity index is 1.89. The molecule has 1 saturated carbocycles. The number of aliphatic imine (C=N–C) groups is 1. The van der Waals surface area contributed by atoms with Crippen molar-refractivity contribution in [2.75, 3.05) is 13.1 Å². The molecular weight excluding hydrogens is 343 g/mol. The van der Waals surface area contributed by atoms with Gasteiger partial charge in [-0.1, -0.05) is 18.6 Å². The van der Waals surface area contributed by atoms with E-state index >= 15 is 0 Å². The van der Waals surface area contributed by atoms with Gasteiger partial charge in [-0.05, 0) is 52.4 Å². The molecule has 0 aromatic carbocycles. The van der Waals surface area contributed by atoms with Gasteiger partial charge in [-0.2, -0.15) is 13.2 Å². The van der Waals surface area contributed by atoms with E-state index in [1.165, 1.54) is 0 Å². The van der Waals surface area contributed by atoms with Gasteiger partial charge in [0.25, 0.3) is 0 Å². The van der Waals surface area contributed by atoms with E-state index in [4.69, 9.17) is 4.99 Å². The van der Waals surface area contributed by atoms with Crippen molar-refractivity contribution in [1.82, 2.24) is 9.80 Å². The number of likely N-dealkylation sites (tertiary alicyclic amines) is 1. The number of halogens is 3. The number of aliphatic hydroxyl groups is 1. The number of hydrogen-bond donors (Lipinski definition) is 1. The van der Waals surface area contributed by atoms with Crippen LogP contribution in [0.4, 0.5) is 13.2 Å². The lowest BCUT2D eigenvalue weighted by Crippen LogP contribution is -2.56. The quantitative estimate of drug-likeness (QED) is 0.746. The van der Waals surface area contributed by atoms with Gasteiger partial charge in [0.15, 0.2) is 6.23 Å². The summed E-state index contributed by atoms with van der Waals surface area (Å²) in [7, 11) is 0. The average molecular weight is 373 g/mol. The van der Waals surface area contributed by atoms with Crippen molar-refractivity contribution >= 4 is 5.84 Å². The number of aliphatic hydroxyl groups excluding tert-OH is 1. The molecule has 0 amide bonds. The van der Waals surface area contributed by atoms with E-state index < -0.39 is 24.0 Å². The standard InChI is InChI=1S/C19H30F3N3O/c1-13(2)14(3)25-17(26)16(23-18(25)9-5-4-6-10-18)24-11-7-8-15(12-24)19(20,21)22/h14-15,17,26H,1,4-12H2,2-3H3. The highest BCUT2D eigenvalue weighted by atomic mass is 19.4. The minimum atomic E-state index is -4.20. The van der Waals surface area contributed by atoms with Crippen LogP contribution in [-0.2, 0) is 0 Å². The average Bonchev–Trinajstić information content (AvgIpc) is 2.86. The lowest BCUT2D eigenvalue weighted by atomic mass is 9.87. The van der Waals surface area contributed by atoms with Gasteiger partial charge >= 0.3 is 6.18 Å². The fourth-order valence-electron chi connectivity index (χ4n) is 4.66. The largest absolute Gasteiger partial charge is 0.393 e. The predicted octanol–water partition coefficient (Wildman–Crippen LogP) is 3.92. The summed E-state index contributed by atoms with van der Waals surface area (Å²) < 4.78 is 39.6. The molecule has 148 valence electrons. The molecule has 2 heterocycles. The zero-order chi connectivity index (χ0) is 19.1. The predicted molar refractivity (Wildman–Crippen MR) is 95.7 cm³/mol. The molecule has 1 saturated heterocycles. The zero-order valence-corrected chi connectivity index (χ0v) is 15.7. The Hall–Kier alpha value is -1.08. The van der Waals surface area contributed by atoms with Gasteiger partial charge in [0.05, 0.1) is 5.92 Å². The Morgan fingerprint density at radius 1 is 1.27 bits per heavy atom. The second-order valence-electron chi connectivity index (χ2n) is 8.14. The number of piperidine rings is 1. The van der Waals surface area contributed by atoms with Crippen LogP contribution in [0, 0.1) is 5.92 Å². The Labute approximate surface area is 153 Å². The molecule has 0 radical (unpaired) electrons. The lowest BCUT2D eigenvalue weighted by molar-refractivity contribution is -0.183. The minimum Gasteiger partial charge on any atom is -0.371 e. The Morgan fingerprint density at radius 3 is 2.50 bits per heavy atom. The third kappa shape index (κ3) is 3.52. The third-order valence-corrected chi connectivity index (χ3v) is 6.29. The van der Waals surface area contributed by atoms with Gasteiger partial charge in [-0.3, -0.25) is 0 Å². The monoisotopic (exact) mass is 373 g/mol. The molecule has 0 aromatic rings. The molecule has 1 N–H and O–H groups in total. The van der Waals surface area contributed by atoms with Crippen LogP contribution in [0.3, 0.4) is 0 Å². The fourth-order valence-corrected chi connectivity index (χ4v) is 4.66. The van der Waals surface area contributed by atoms with Gasteiger partial charge in [-0.15, -0.1) is 0 Å². The van der Waals surface area contributed by atoms with E-state index in [1.54, 1.807) is 4.90 Å². The van der Waals surface area contributed by atoms with E-state index in [-0.39, 0.29) is 19.0 Å². The first-order valence-corrected chi connectivity index (χ1v) is 9.69. The third-order valence-electron chi connectivity index (χ3n) is 6.29. The topological polar surface area (TPSA) is 39.1 Å². The number of amidine groups is 1. The van der Waals surface area contributed by atoms with Crippen molar-refractivity contribution < 1.29 is 18.3 Å². The van der Waals surface area contributed by atoms with Crippen LogP contribution in [-0.4, -0.2) is 57.9 Å². The second kappa shape index (κ2) is 7.15. The molecule has 2 fully saturated rings. The number of hydrogen-bond acceptors (Lipinski definition) is 4. The lowest BCUT2D eigenvalue weighted by Gasteiger charge is -2.44. The smallest absolute Gasteiger partial charge is 0.371 e. The molecule has 1 aliphatic carbocycles. The SMILES string of the molecule is C=C(C)C(C)N1C(O)C(N2CCCC(C(F)(F)F)C2)=NC12CCCCC2. The first-order chi connectivity index (χ1) is 12.2. The van der Waals surface area contributed by atoms with Crippen LogP contribution in [0.1, 0.15) is 58.8 Å². The molecule has 3 aliphatic rings. The zero-order valence-electron chi connectivity index (χ0n) is 15.7. The van der Waals surface area contributed by atoms with Crippen LogP contribution in [0.5, 0.6) is 0 Å². The molecule has 26 heavy (non-hydrogen) atoms. The highest BCUT2D eigenvalue weighted by Crippen LogP contribution is 2.43. The van der Waals surface area contributed by atoms with Crippen LogP contribution >= 0.6 is 0 Å². The normalized spacial score (nSPS) is 31.2. The van der Waals surface area contributed by atoms with E-state index in [0.29, 0.717) is 18.8 Å². The Kier molecular flexibility index (Phi) is 5.41. The van der Waals surface area contributed by atoms with Gasteiger partial charge in [0.1, 0.15) is 11.5 Å².